The van der Waals surface area contributed by atoms with Crippen molar-refractivity contribution in [3.63, 3.8) is 0 Å². The van der Waals surface area contributed by atoms with Gasteiger partial charge in [-0.05, 0) is 52.0 Å². The Balaban J connectivity index is 2.63. The van der Waals surface area contributed by atoms with Crippen LogP contribution in [0.5, 0.6) is 5.75 Å². The van der Waals surface area contributed by atoms with E-state index in [1.807, 2.05) is 6.07 Å². The topological polar surface area (TPSA) is 38.5 Å². The maximum Gasteiger partial charge on any atom is 0.122 e. The predicted octanol–water partition coefficient (Wildman–Crippen LogP) is 1.83. The highest BCUT2D eigenvalue weighted by Crippen LogP contribution is 2.21. The van der Waals surface area contributed by atoms with Crippen molar-refractivity contribution in [2.45, 2.75) is 25.8 Å². The van der Waals surface area contributed by atoms with Gasteiger partial charge in [0.15, 0.2) is 0 Å². The van der Waals surface area contributed by atoms with Crippen LogP contribution in [0.1, 0.15) is 17.5 Å². The van der Waals surface area contributed by atoms with E-state index in [9.17, 15) is 0 Å². The molecular formula is C14H24N2O. The zero-order valence-corrected chi connectivity index (χ0v) is 11.4. The van der Waals surface area contributed by atoms with Crippen LogP contribution < -0.4 is 10.5 Å². The lowest BCUT2D eigenvalue weighted by Gasteiger charge is -2.17. The summed E-state index contributed by atoms with van der Waals surface area (Å²) in [5, 5.41) is 0. The van der Waals surface area contributed by atoms with Crippen LogP contribution in [0.4, 0.5) is 0 Å². The summed E-state index contributed by atoms with van der Waals surface area (Å²) in [6.45, 7) is 3.11. The number of benzene rings is 1. The molecule has 0 radical (unpaired) electrons. The smallest absolute Gasteiger partial charge is 0.122 e. The molecule has 2 N–H and O–H groups in total. The van der Waals surface area contributed by atoms with Crippen molar-refractivity contribution in [1.82, 2.24) is 4.90 Å². The quantitative estimate of drug-likeness (QED) is 0.819. The number of rotatable bonds is 6. The number of nitrogens with zero attached hydrogens (tertiary/aromatic N) is 1. The molecule has 0 fully saturated rings. The number of ether oxygens (including phenoxy) is 1. The molecule has 0 aliphatic rings. The fourth-order valence-electron chi connectivity index (χ4n) is 1.88. The average molecular weight is 236 g/mol. The summed E-state index contributed by atoms with van der Waals surface area (Å²) >= 11 is 0. The summed E-state index contributed by atoms with van der Waals surface area (Å²) in [5.74, 6) is 0.941. The van der Waals surface area contributed by atoms with Crippen LogP contribution in [0, 0.1) is 6.92 Å². The van der Waals surface area contributed by atoms with Crippen molar-refractivity contribution in [3.05, 3.63) is 29.3 Å². The van der Waals surface area contributed by atoms with Crippen molar-refractivity contribution in [1.29, 1.82) is 0 Å². The minimum atomic E-state index is 0.188. The van der Waals surface area contributed by atoms with Crippen LogP contribution in [0.3, 0.4) is 0 Å². The third kappa shape index (κ3) is 4.75. The Bertz CT molecular complexity index is 350. The monoisotopic (exact) mass is 236 g/mol. The van der Waals surface area contributed by atoms with Crippen LogP contribution in [0.25, 0.3) is 0 Å². The van der Waals surface area contributed by atoms with E-state index in [4.69, 9.17) is 10.5 Å². The normalized spacial score (nSPS) is 12.8. The molecule has 1 aromatic rings. The molecule has 0 aliphatic carbocycles. The van der Waals surface area contributed by atoms with Gasteiger partial charge in [-0.2, -0.15) is 0 Å². The van der Waals surface area contributed by atoms with Gasteiger partial charge in [0.25, 0.3) is 0 Å². The fourth-order valence-corrected chi connectivity index (χ4v) is 1.88. The second kappa shape index (κ2) is 6.62. The summed E-state index contributed by atoms with van der Waals surface area (Å²) in [7, 11) is 5.85. The van der Waals surface area contributed by atoms with E-state index in [1.54, 1.807) is 7.11 Å². The van der Waals surface area contributed by atoms with Gasteiger partial charge in [0, 0.05) is 6.04 Å². The molecular weight excluding hydrogens is 212 g/mol. The van der Waals surface area contributed by atoms with Crippen LogP contribution in [-0.4, -0.2) is 38.7 Å². The Morgan fingerprint density at radius 1 is 1.35 bits per heavy atom. The van der Waals surface area contributed by atoms with Crippen LogP contribution in [-0.2, 0) is 6.42 Å². The highest BCUT2D eigenvalue weighted by Gasteiger charge is 2.09. The molecule has 0 aliphatic heterocycles. The molecule has 1 unspecified atom stereocenters. The molecule has 0 aromatic heterocycles. The second-order valence-corrected chi connectivity index (χ2v) is 4.87. The number of methoxy groups -OCH3 is 1. The minimum Gasteiger partial charge on any atom is -0.496 e. The zero-order chi connectivity index (χ0) is 12.8. The molecule has 1 atom stereocenters. The fraction of sp³-hybridized carbons (Fsp3) is 0.571. The summed E-state index contributed by atoms with van der Waals surface area (Å²) in [6.07, 6.45) is 1.88. The number of hydrogen-bond donors (Lipinski definition) is 1. The van der Waals surface area contributed by atoms with E-state index < -0.39 is 0 Å². The van der Waals surface area contributed by atoms with Crippen LogP contribution in [0.2, 0.25) is 0 Å². The largest absolute Gasteiger partial charge is 0.496 e. The van der Waals surface area contributed by atoms with Crippen LogP contribution in [0.15, 0.2) is 18.2 Å². The van der Waals surface area contributed by atoms with E-state index >= 15 is 0 Å². The third-order valence-corrected chi connectivity index (χ3v) is 2.87. The van der Waals surface area contributed by atoms with E-state index in [2.05, 4.69) is 38.1 Å². The Kier molecular flexibility index (Phi) is 5.45. The first-order chi connectivity index (χ1) is 8.02. The molecule has 3 heteroatoms. The summed E-state index contributed by atoms with van der Waals surface area (Å²) in [6, 6.07) is 6.43. The van der Waals surface area contributed by atoms with E-state index in [-0.39, 0.29) is 6.04 Å². The van der Waals surface area contributed by atoms with Crippen molar-refractivity contribution in [2.75, 3.05) is 27.7 Å². The van der Waals surface area contributed by atoms with Crippen molar-refractivity contribution < 1.29 is 4.74 Å². The molecule has 0 heterocycles. The van der Waals surface area contributed by atoms with Crippen molar-refractivity contribution in [3.8, 4) is 5.75 Å². The second-order valence-electron chi connectivity index (χ2n) is 4.87. The number of aryl methyl sites for hydroxylation is 1. The molecule has 0 saturated carbocycles. The number of nitrogens with two attached hydrogens (primary N) is 1. The van der Waals surface area contributed by atoms with Crippen molar-refractivity contribution in [2.24, 2.45) is 5.73 Å². The lowest BCUT2D eigenvalue weighted by atomic mass is 10.0. The maximum atomic E-state index is 6.15. The van der Waals surface area contributed by atoms with Gasteiger partial charge in [-0.25, -0.2) is 0 Å². The molecule has 17 heavy (non-hydrogen) atoms. The highest BCUT2D eigenvalue weighted by atomic mass is 16.5. The number of hydrogen-bond acceptors (Lipinski definition) is 3. The summed E-state index contributed by atoms with van der Waals surface area (Å²) < 4.78 is 5.36. The predicted molar refractivity (Wildman–Crippen MR) is 72.6 cm³/mol. The first-order valence-corrected chi connectivity index (χ1v) is 6.06. The maximum absolute atomic E-state index is 6.15. The third-order valence-electron chi connectivity index (χ3n) is 2.87. The molecule has 1 rings (SSSR count). The zero-order valence-electron chi connectivity index (χ0n) is 11.4. The highest BCUT2D eigenvalue weighted by molar-refractivity contribution is 5.37. The Morgan fingerprint density at radius 2 is 2.06 bits per heavy atom. The van der Waals surface area contributed by atoms with Gasteiger partial charge in [0.2, 0.25) is 0 Å². The van der Waals surface area contributed by atoms with Crippen LogP contribution >= 0.6 is 0 Å². The molecule has 96 valence electrons. The summed E-state index contributed by atoms with van der Waals surface area (Å²) in [5.41, 5.74) is 8.60. The Labute approximate surface area is 105 Å². The summed E-state index contributed by atoms with van der Waals surface area (Å²) in [4.78, 5) is 2.16. The van der Waals surface area contributed by atoms with Gasteiger partial charge in [0.05, 0.1) is 7.11 Å². The van der Waals surface area contributed by atoms with E-state index in [0.29, 0.717) is 0 Å². The van der Waals surface area contributed by atoms with Gasteiger partial charge in [0.1, 0.15) is 5.75 Å². The van der Waals surface area contributed by atoms with Crippen molar-refractivity contribution >= 4 is 0 Å². The molecule has 0 bridgehead atoms. The Hall–Kier alpha value is -1.06. The van der Waals surface area contributed by atoms with E-state index in [1.165, 1.54) is 11.1 Å². The lowest BCUT2D eigenvalue weighted by Crippen LogP contribution is -2.28. The van der Waals surface area contributed by atoms with Gasteiger partial charge < -0.3 is 15.4 Å². The van der Waals surface area contributed by atoms with Gasteiger partial charge in [-0.1, -0.05) is 17.7 Å². The van der Waals surface area contributed by atoms with Gasteiger partial charge in [-0.3, -0.25) is 0 Å². The molecule has 1 aromatic carbocycles. The Morgan fingerprint density at radius 3 is 2.65 bits per heavy atom. The molecule has 0 spiro atoms. The van der Waals surface area contributed by atoms with E-state index in [0.717, 1.165) is 25.1 Å². The van der Waals surface area contributed by atoms with Gasteiger partial charge >= 0.3 is 0 Å². The first-order valence-electron chi connectivity index (χ1n) is 6.06. The molecule has 0 saturated heterocycles. The van der Waals surface area contributed by atoms with Gasteiger partial charge in [-0.15, -0.1) is 0 Å². The first kappa shape index (κ1) is 14.0. The SMILES string of the molecule is COc1ccc(C)cc1CC(N)CCN(C)C. The molecule has 0 amide bonds. The lowest BCUT2D eigenvalue weighted by molar-refractivity contribution is 0.375. The molecule has 3 nitrogen and oxygen atoms in total. The standard InChI is InChI=1S/C14H24N2O/c1-11-5-6-14(17-4)12(9-11)10-13(15)7-8-16(2)3/h5-6,9,13H,7-8,10,15H2,1-4H3. The minimum absolute atomic E-state index is 0.188. The average Bonchev–Trinajstić information content (AvgIpc) is 2.27.